The summed E-state index contributed by atoms with van der Waals surface area (Å²) < 4.78 is 4.82. The van der Waals surface area contributed by atoms with Gasteiger partial charge in [0.05, 0.1) is 12.7 Å². The number of ether oxygens (including phenoxy) is 1. The van der Waals surface area contributed by atoms with Crippen LogP contribution in [0.4, 0.5) is 0 Å². The van der Waals surface area contributed by atoms with Gasteiger partial charge in [-0.15, -0.1) is 0 Å². The molecule has 1 fully saturated rings. The maximum Gasteiger partial charge on any atom is 0.143 e. The molecule has 2 aliphatic rings. The van der Waals surface area contributed by atoms with E-state index in [1.807, 2.05) is 0 Å². The Morgan fingerprint density at radius 1 is 1.62 bits per heavy atom. The standard InChI is InChI=1S/C10H16O3/c11-7-13-6-9(12)10-3-1-8(5-10)2-4-10/h1,3,8-9,11-12H,2,4-7H2. The summed E-state index contributed by atoms with van der Waals surface area (Å²) in [6, 6.07) is 0. The van der Waals surface area contributed by atoms with E-state index in [1.54, 1.807) is 0 Å². The highest BCUT2D eigenvalue weighted by Crippen LogP contribution is 2.51. The van der Waals surface area contributed by atoms with Crippen LogP contribution in [0.25, 0.3) is 0 Å². The first-order valence-electron chi connectivity index (χ1n) is 4.83. The Balaban J connectivity index is 1.95. The minimum atomic E-state index is -0.455. The lowest BCUT2D eigenvalue weighted by atomic mass is 9.82. The van der Waals surface area contributed by atoms with Crippen LogP contribution < -0.4 is 0 Å². The van der Waals surface area contributed by atoms with E-state index in [2.05, 4.69) is 12.2 Å². The van der Waals surface area contributed by atoms with Crippen molar-refractivity contribution in [3.63, 3.8) is 0 Å². The highest BCUT2D eigenvalue weighted by Gasteiger charge is 2.45. The number of aliphatic hydroxyl groups excluding tert-OH is 2. The first-order chi connectivity index (χ1) is 6.27. The van der Waals surface area contributed by atoms with E-state index < -0.39 is 6.10 Å². The predicted molar refractivity (Wildman–Crippen MR) is 48.0 cm³/mol. The highest BCUT2D eigenvalue weighted by molar-refractivity contribution is 5.18. The van der Waals surface area contributed by atoms with Crippen LogP contribution in [0.1, 0.15) is 19.3 Å². The molecule has 2 rings (SSSR count). The molecule has 0 aromatic rings. The third-order valence-corrected chi connectivity index (χ3v) is 3.35. The van der Waals surface area contributed by atoms with Crippen molar-refractivity contribution in [1.82, 2.24) is 0 Å². The molecule has 2 bridgehead atoms. The summed E-state index contributed by atoms with van der Waals surface area (Å²) in [6.45, 7) is -0.0617. The Morgan fingerprint density at radius 3 is 2.92 bits per heavy atom. The summed E-state index contributed by atoms with van der Waals surface area (Å²) in [6.07, 6.45) is 7.18. The average molecular weight is 184 g/mol. The van der Waals surface area contributed by atoms with E-state index in [-0.39, 0.29) is 18.8 Å². The molecule has 3 heteroatoms. The first kappa shape index (κ1) is 9.19. The molecule has 0 aliphatic heterocycles. The fraction of sp³-hybridized carbons (Fsp3) is 0.800. The van der Waals surface area contributed by atoms with E-state index in [0.29, 0.717) is 5.92 Å². The zero-order chi connectivity index (χ0) is 9.31. The van der Waals surface area contributed by atoms with E-state index in [0.717, 1.165) is 12.8 Å². The SMILES string of the molecule is OCOCC(O)C12C=CC(CC1)C2. The Labute approximate surface area is 78.0 Å². The van der Waals surface area contributed by atoms with Crippen LogP contribution in [0.5, 0.6) is 0 Å². The molecule has 0 spiro atoms. The second-order valence-electron chi connectivity index (χ2n) is 4.11. The molecule has 74 valence electrons. The first-order valence-corrected chi connectivity index (χ1v) is 4.83. The topological polar surface area (TPSA) is 49.7 Å². The van der Waals surface area contributed by atoms with Crippen LogP contribution >= 0.6 is 0 Å². The molecule has 2 N–H and O–H groups in total. The van der Waals surface area contributed by atoms with E-state index in [1.165, 1.54) is 6.42 Å². The lowest BCUT2D eigenvalue weighted by Gasteiger charge is -2.29. The maximum absolute atomic E-state index is 9.87. The zero-order valence-corrected chi connectivity index (χ0v) is 7.65. The van der Waals surface area contributed by atoms with Gasteiger partial charge in [0.1, 0.15) is 6.79 Å². The molecule has 1 saturated carbocycles. The summed E-state index contributed by atoms with van der Waals surface area (Å²) in [7, 11) is 0. The molecule has 0 saturated heterocycles. The van der Waals surface area contributed by atoms with Crippen molar-refractivity contribution >= 4 is 0 Å². The normalized spacial score (nSPS) is 38.5. The Morgan fingerprint density at radius 2 is 2.46 bits per heavy atom. The van der Waals surface area contributed by atoms with Gasteiger partial charge >= 0.3 is 0 Å². The quantitative estimate of drug-likeness (QED) is 0.498. The molecule has 0 heterocycles. The average Bonchev–Trinajstić information content (AvgIpc) is 2.74. The van der Waals surface area contributed by atoms with Crippen molar-refractivity contribution in [2.45, 2.75) is 25.4 Å². The molecule has 0 aromatic carbocycles. The third-order valence-electron chi connectivity index (χ3n) is 3.35. The second-order valence-corrected chi connectivity index (χ2v) is 4.11. The molecular weight excluding hydrogens is 168 g/mol. The van der Waals surface area contributed by atoms with Gasteiger partial charge in [-0.1, -0.05) is 12.2 Å². The van der Waals surface area contributed by atoms with Gasteiger partial charge in [0, 0.05) is 5.41 Å². The van der Waals surface area contributed by atoms with Crippen molar-refractivity contribution in [1.29, 1.82) is 0 Å². The van der Waals surface area contributed by atoms with Gasteiger partial charge in [0.25, 0.3) is 0 Å². The molecule has 3 atom stereocenters. The minimum absolute atomic E-state index is 0.0418. The third kappa shape index (κ3) is 1.52. The van der Waals surface area contributed by atoms with E-state index >= 15 is 0 Å². The maximum atomic E-state index is 9.87. The van der Waals surface area contributed by atoms with Crippen molar-refractivity contribution in [2.75, 3.05) is 13.4 Å². The fourth-order valence-electron chi connectivity index (χ4n) is 2.53. The van der Waals surface area contributed by atoms with Crippen LogP contribution in [0.2, 0.25) is 0 Å². The Bertz CT molecular complexity index is 214. The van der Waals surface area contributed by atoms with Crippen LogP contribution in [0.15, 0.2) is 12.2 Å². The molecule has 3 nitrogen and oxygen atoms in total. The summed E-state index contributed by atoms with van der Waals surface area (Å²) >= 11 is 0. The molecule has 2 aliphatic carbocycles. The highest BCUT2D eigenvalue weighted by atomic mass is 16.6. The number of rotatable bonds is 4. The van der Waals surface area contributed by atoms with Gasteiger partial charge in [-0.25, -0.2) is 0 Å². The molecular formula is C10H16O3. The summed E-state index contributed by atoms with van der Waals surface area (Å²) in [5, 5.41) is 18.3. The van der Waals surface area contributed by atoms with Crippen molar-refractivity contribution in [3.05, 3.63) is 12.2 Å². The van der Waals surface area contributed by atoms with Crippen LogP contribution in [-0.4, -0.2) is 29.7 Å². The Hall–Kier alpha value is -0.380. The molecule has 0 aromatic heterocycles. The second kappa shape index (κ2) is 3.40. The molecule has 0 radical (unpaired) electrons. The number of hydrogen-bond donors (Lipinski definition) is 2. The van der Waals surface area contributed by atoms with Gasteiger partial charge in [0.15, 0.2) is 0 Å². The summed E-state index contributed by atoms with van der Waals surface area (Å²) in [5.74, 6) is 0.670. The zero-order valence-electron chi connectivity index (χ0n) is 7.65. The van der Waals surface area contributed by atoms with Gasteiger partial charge in [0.2, 0.25) is 0 Å². The van der Waals surface area contributed by atoms with Crippen molar-refractivity contribution < 1.29 is 14.9 Å². The van der Waals surface area contributed by atoms with Gasteiger partial charge in [-0.3, -0.25) is 0 Å². The molecule has 0 amide bonds. The molecule has 13 heavy (non-hydrogen) atoms. The fourth-order valence-corrected chi connectivity index (χ4v) is 2.53. The summed E-state index contributed by atoms with van der Waals surface area (Å²) in [4.78, 5) is 0. The van der Waals surface area contributed by atoms with Crippen LogP contribution in [0, 0.1) is 11.3 Å². The number of hydrogen-bond acceptors (Lipinski definition) is 3. The summed E-state index contributed by atoms with van der Waals surface area (Å²) in [5.41, 5.74) is -0.0418. The van der Waals surface area contributed by atoms with Gasteiger partial charge in [-0.2, -0.15) is 0 Å². The number of fused-ring (bicyclic) bond motifs is 2. The van der Waals surface area contributed by atoms with Crippen LogP contribution in [0.3, 0.4) is 0 Å². The van der Waals surface area contributed by atoms with E-state index in [9.17, 15) is 5.11 Å². The number of aliphatic hydroxyl groups is 2. The lowest BCUT2D eigenvalue weighted by Crippen LogP contribution is -2.34. The number of allylic oxidation sites excluding steroid dienone is 1. The van der Waals surface area contributed by atoms with Crippen LogP contribution in [-0.2, 0) is 4.74 Å². The van der Waals surface area contributed by atoms with Crippen molar-refractivity contribution in [3.8, 4) is 0 Å². The predicted octanol–water partition coefficient (Wildman–Crippen LogP) is 0.670. The smallest absolute Gasteiger partial charge is 0.143 e. The molecule has 3 unspecified atom stereocenters. The Kier molecular flexibility index (Phi) is 2.41. The minimum Gasteiger partial charge on any atom is -0.390 e. The largest absolute Gasteiger partial charge is 0.390 e. The van der Waals surface area contributed by atoms with Gasteiger partial charge in [-0.05, 0) is 25.2 Å². The van der Waals surface area contributed by atoms with E-state index in [4.69, 9.17) is 9.84 Å². The van der Waals surface area contributed by atoms with Gasteiger partial charge < -0.3 is 14.9 Å². The monoisotopic (exact) mass is 184 g/mol. The van der Waals surface area contributed by atoms with Crippen molar-refractivity contribution in [2.24, 2.45) is 11.3 Å². The lowest BCUT2D eigenvalue weighted by molar-refractivity contribution is -0.0692.